The summed E-state index contributed by atoms with van der Waals surface area (Å²) in [7, 11) is 0. The maximum absolute atomic E-state index is 14.9. The molecule has 0 bridgehead atoms. The van der Waals surface area contributed by atoms with E-state index in [-0.39, 0.29) is 17.5 Å². The lowest BCUT2D eigenvalue weighted by atomic mass is 10.1. The highest BCUT2D eigenvalue weighted by molar-refractivity contribution is 5.97. The van der Waals surface area contributed by atoms with Gasteiger partial charge in [0.2, 0.25) is 0 Å². The van der Waals surface area contributed by atoms with Gasteiger partial charge in [0, 0.05) is 25.2 Å². The standard InChI is InChI=1S/C25H25FN4O6/c1-3-10-30(13-15-4-7-20-18(11-15)24(34)28-14(2)27-20)16-5-6-17(19(26)12-16)23(33)29-21(25(35)36)8-9-22(31)32/h3-7,11-12,21H,1,8-10,13H2,2H3,(H,29,33)(H,31,32)(H,35,36)(H,27,28,34)/t21-/m0/s1. The molecule has 0 saturated carbocycles. The van der Waals surface area contributed by atoms with E-state index in [1.165, 1.54) is 12.1 Å². The number of carboxylic acids is 2. The summed E-state index contributed by atoms with van der Waals surface area (Å²) < 4.78 is 14.9. The van der Waals surface area contributed by atoms with Crippen molar-refractivity contribution in [2.75, 3.05) is 11.4 Å². The second-order valence-electron chi connectivity index (χ2n) is 8.13. The minimum absolute atomic E-state index is 0.265. The van der Waals surface area contributed by atoms with Crippen LogP contribution in [-0.2, 0) is 16.1 Å². The molecule has 1 aromatic heterocycles. The minimum atomic E-state index is -1.47. The van der Waals surface area contributed by atoms with Crippen LogP contribution in [0.1, 0.15) is 34.6 Å². The summed E-state index contributed by atoms with van der Waals surface area (Å²) in [6, 6.07) is 7.65. The van der Waals surface area contributed by atoms with Gasteiger partial charge in [-0.2, -0.15) is 0 Å². The summed E-state index contributed by atoms with van der Waals surface area (Å²) in [5.74, 6) is -3.97. The molecule has 2 aromatic carbocycles. The molecule has 0 spiro atoms. The highest BCUT2D eigenvalue weighted by Gasteiger charge is 2.23. The predicted octanol–water partition coefficient (Wildman–Crippen LogP) is 2.61. The van der Waals surface area contributed by atoms with Crippen LogP contribution in [0.3, 0.4) is 0 Å². The first-order valence-corrected chi connectivity index (χ1v) is 11.0. The summed E-state index contributed by atoms with van der Waals surface area (Å²) in [5.41, 5.74) is 1.11. The number of carboxylic acid groups (broad SMARTS) is 2. The number of aromatic nitrogens is 2. The van der Waals surface area contributed by atoms with Crippen LogP contribution < -0.4 is 15.8 Å². The topological polar surface area (TPSA) is 153 Å². The molecule has 188 valence electrons. The Morgan fingerprint density at radius 1 is 1.22 bits per heavy atom. The van der Waals surface area contributed by atoms with E-state index < -0.39 is 36.1 Å². The van der Waals surface area contributed by atoms with Crippen molar-refractivity contribution in [3.8, 4) is 0 Å². The number of nitrogens with one attached hydrogen (secondary N) is 2. The molecule has 4 N–H and O–H groups in total. The summed E-state index contributed by atoms with van der Waals surface area (Å²) in [4.78, 5) is 55.6. The van der Waals surface area contributed by atoms with E-state index in [0.29, 0.717) is 35.5 Å². The molecule has 1 heterocycles. The van der Waals surface area contributed by atoms with Crippen LogP contribution in [0.5, 0.6) is 0 Å². The van der Waals surface area contributed by atoms with Crippen molar-refractivity contribution in [2.24, 2.45) is 0 Å². The average Bonchev–Trinajstić information content (AvgIpc) is 2.81. The lowest BCUT2D eigenvalue weighted by molar-refractivity contribution is -0.140. The number of H-pyrrole nitrogens is 1. The maximum Gasteiger partial charge on any atom is 0.326 e. The number of aryl methyl sites for hydroxylation is 1. The molecule has 36 heavy (non-hydrogen) atoms. The summed E-state index contributed by atoms with van der Waals surface area (Å²) >= 11 is 0. The Morgan fingerprint density at radius 3 is 2.61 bits per heavy atom. The highest BCUT2D eigenvalue weighted by Crippen LogP contribution is 2.22. The van der Waals surface area contributed by atoms with Crippen molar-refractivity contribution in [1.82, 2.24) is 15.3 Å². The van der Waals surface area contributed by atoms with Crippen LogP contribution in [0.2, 0.25) is 0 Å². The molecule has 3 rings (SSSR count). The molecule has 0 unspecified atom stereocenters. The fourth-order valence-electron chi connectivity index (χ4n) is 3.68. The number of aliphatic carboxylic acids is 2. The molecule has 1 atom stereocenters. The van der Waals surface area contributed by atoms with Gasteiger partial charge in [0.25, 0.3) is 11.5 Å². The largest absolute Gasteiger partial charge is 0.481 e. The first kappa shape index (κ1) is 26.1. The Morgan fingerprint density at radius 2 is 1.97 bits per heavy atom. The van der Waals surface area contributed by atoms with Crippen molar-refractivity contribution >= 4 is 34.4 Å². The molecule has 11 heteroatoms. The Labute approximate surface area is 205 Å². The van der Waals surface area contributed by atoms with Crippen LogP contribution in [0.4, 0.5) is 10.1 Å². The van der Waals surface area contributed by atoms with Gasteiger partial charge in [0.05, 0.1) is 16.5 Å². The van der Waals surface area contributed by atoms with Gasteiger partial charge in [0.15, 0.2) is 0 Å². The quantitative estimate of drug-likeness (QED) is 0.296. The molecule has 0 fully saturated rings. The first-order chi connectivity index (χ1) is 17.1. The molecule has 0 aliphatic carbocycles. The van der Waals surface area contributed by atoms with E-state index in [1.807, 2.05) is 6.07 Å². The van der Waals surface area contributed by atoms with Gasteiger partial charge in [-0.15, -0.1) is 6.58 Å². The predicted molar refractivity (Wildman–Crippen MR) is 131 cm³/mol. The zero-order valence-corrected chi connectivity index (χ0v) is 19.5. The summed E-state index contributed by atoms with van der Waals surface area (Å²) in [5, 5.41) is 20.6. The number of carbonyl (C=O) groups excluding carboxylic acids is 1. The zero-order chi connectivity index (χ0) is 26.4. The minimum Gasteiger partial charge on any atom is -0.481 e. The van der Waals surface area contributed by atoms with E-state index in [1.54, 1.807) is 30.0 Å². The number of rotatable bonds is 11. The lowest BCUT2D eigenvalue weighted by Crippen LogP contribution is -2.41. The van der Waals surface area contributed by atoms with Gasteiger partial charge in [-0.3, -0.25) is 14.4 Å². The number of benzene rings is 2. The van der Waals surface area contributed by atoms with Gasteiger partial charge in [-0.05, 0) is 49.2 Å². The van der Waals surface area contributed by atoms with Crippen LogP contribution >= 0.6 is 0 Å². The number of hydrogen-bond donors (Lipinski definition) is 4. The molecular weight excluding hydrogens is 471 g/mol. The van der Waals surface area contributed by atoms with Crippen molar-refractivity contribution < 1.29 is 29.0 Å². The Hall–Kier alpha value is -4.54. The molecule has 10 nitrogen and oxygen atoms in total. The van der Waals surface area contributed by atoms with E-state index in [4.69, 9.17) is 5.11 Å². The second kappa shape index (κ2) is 11.3. The third-order valence-electron chi connectivity index (χ3n) is 5.42. The Balaban J connectivity index is 1.82. The number of halogens is 1. The molecule has 0 aliphatic rings. The van der Waals surface area contributed by atoms with Crippen LogP contribution in [0.25, 0.3) is 10.9 Å². The number of aromatic amines is 1. The maximum atomic E-state index is 14.9. The van der Waals surface area contributed by atoms with Gasteiger partial charge in [-0.1, -0.05) is 12.1 Å². The number of anilines is 1. The number of fused-ring (bicyclic) bond motifs is 1. The average molecular weight is 496 g/mol. The van der Waals surface area contributed by atoms with E-state index in [2.05, 4.69) is 21.9 Å². The van der Waals surface area contributed by atoms with E-state index in [0.717, 1.165) is 11.6 Å². The molecule has 0 radical (unpaired) electrons. The summed E-state index contributed by atoms with van der Waals surface area (Å²) in [6.45, 7) is 6.06. The van der Waals surface area contributed by atoms with Crippen LogP contribution in [0, 0.1) is 12.7 Å². The smallest absolute Gasteiger partial charge is 0.326 e. The fraction of sp³-hybridized carbons (Fsp3) is 0.240. The van der Waals surface area contributed by atoms with Crippen molar-refractivity contribution in [3.05, 3.63) is 82.2 Å². The molecule has 0 saturated heterocycles. The Bertz CT molecular complexity index is 1390. The molecule has 0 aliphatic heterocycles. The van der Waals surface area contributed by atoms with Crippen LogP contribution in [-0.4, -0.2) is 50.6 Å². The normalized spacial score (nSPS) is 11.6. The summed E-state index contributed by atoms with van der Waals surface area (Å²) in [6.07, 6.45) is 0.815. The van der Waals surface area contributed by atoms with Gasteiger partial charge in [-0.25, -0.2) is 14.2 Å². The second-order valence-corrected chi connectivity index (χ2v) is 8.13. The molecule has 3 aromatic rings. The SMILES string of the molecule is C=CCN(Cc1ccc2nc(C)[nH]c(=O)c2c1)c1ccc(C(=O)N[C@@H](CCC(=O)O)C(=O)O)c(F)c1. The zero-order valence-electron chi connectivity index (χ0n) is 19.5. The number of carbonyl (C=O) groups is 3. The monoisotopic (exact) mass is 496 g/mol. The molecular formula is C25H25FN4O6. The number of nitrogens with zero attached hydrogens (tertiary/aromatic N) is 2. The lowest BCUT2D eigenvalue weighted by Gasteiger charge is -2.24. The van der Waals surface area contributed by atoms with E-state index >= 15 is 0 Å². The molecule has 1 amide bonds. The third kappa shape index (κ3) is 6.32. The van der Waals surface area contributed by atoms with E-state index in [9.17, 15) is 28.7 Å². The van der Waals surface area contributed by atoms with Crippen molar-refractivity contribution in [2.45, 2.75) is 32.4 Å². The van der Waals surface area contributed by atoms with Gasteiger partial charge >= 0.3 is 11.9 Å². The van der Waals surface area contributed by atoms with Gasteiger partial charge in [0.1, 0.15) is 17.7 Å². The Kier molecular flexibility index (Phi) is 8.15. The van der Waals surface area contributed by atoms with Crippen molar-refractivity contribution in [1.29, 1.82) is 0 Å². The first-order valence-electron chi connectivity index (χ1n) is 11.0. The highest BCUT2D eigenvalue weighted by atomic mass is 19.1. The van der Waals surface area contributed by atoms with Gasteiger partial charge < -0.3 is 25.4 Å². The van der Waals surface area contributed by atoms with Crippen LogP contribution in [0.15, 0.2) is 53.8 Å². The number of hydrogen-bond acceptors (Lipinski definition) is 6. The fourth-order valence-corrected chi connectivity index (χ4v) is 3.68. The third-order valence-corrected chi connectivity index (χ3v) is 5.42. The van der Waals surface area contributed by atoms with Crippen molar-refractivity contribution in [3.63, 3.8) is 0 Å². The number of amides is 1.